The van der Waals surface area contributed by atoms with E-state index in [1.165, 1.54) is 4.90 Å². The summed E-state index contributed by atoms with van der Waals surface area (Å²) in [5, 5.41) is 12.5. The third-order valence-corrected chi connectivity index (χ3v) is 5.17. The van der Waals surface area contributed by atoms with E-state index in [1.807, 2.05) is 0 Å². The maximum absolute atomic E-state index is 12.6. The number of piperidine rings is 1. The van der Waals surface area contributed by atoms with Crippen molar-refractivity contribution in [2.24, 2.45) is 5.92 Å². The van der Waals surface area contributed by atoms with Gasteiger partial charge in [-0.25, -0.2) is 4.79 Å². The van der Waals surface area contributed by atoms with Gasteiger partial charge in [0.05, 0.1) is 17.7 Å². The van der Waals surface area contributed by atoms with E-state index in [1.54, 1.807) is 18.2 Å². The summed E-state index contributed by atoms with van der Waals surface area (Å²) in [5.74, 6) is -0.872. The molecule has 2 saturated heterocycles. The molecule has 8 heteroatoms. The first-order valence-corrected chi connectivity index (χ1v) is 9.73. The van der Waals surface area contributed by atoms with E-state index in [2.05, 4.69) is 5.32 Å². The molecule has 0 aromatic heterocycles. The highest BCUT2D eigenvalue weighted by molar-refractivity contribution is 6.31. The van der Waals surface area contributed by atoms with Crippen LogP contribution in [0.1, 0.15) is 32.1 Å². The maximum atomic E-state index is 12.6. The van der Waals surface area contributed by atoms with Gasteiger partial charge in [-0.3, -0.25) is 4.79 Å². The summed E-state index contributed by atoms with van der Waals surface area (Å²) in [6.45, 7) is 1.89. The van der Waals surface area contributed by atoms with Crippen LogP contribution in [0.5, 0.6) is 5.75 Å². The van der Waals surface area contributed by atoms with Gasteiger partial charge in [-0.1, -0.05) is 11.6 Å². The largest absolute Gasteiger partial charge is 0.489 e. The van der Waals surface area contributed by atoms with Crippen LogP contribution in [0, 0.1) is 5.92 Å². The fourth-order valence-electron chi connectivity index (χ4n) is 3.40. The number of carboxylic acids is 1. The van der Waals surface area contributed by atoms with Crippen LogP contribution in [0.2, 0.25) is 5.02 Å². The van der Waals surface area contributed by atoms with E-state index in [0.29, 0.717) is 42.5 Å². The highest BCUT2D eigenvalue weighted by Crippen LogP contribution is 2.29. The quantitative estimate of drug-likeness (QED) is 0.793. The van der Waals surface area contributed by atoms with Crippen LogP contribution in [-0.4, -0.2) is 54.4 Å². The number of anilines is 1. The van der Waals surface area contributed by atoms with Gasteiger partial charge in [0.1, 0.15) is 12.4 Å². The number of hydrogen-bond acceptors (Lipinski definition) is 4. The van der Waals surface area contributed by atoms with Crippen molar-refractivity contribution < 1.29 is 24.2 Å². The van der Waals surface area contributed by atoms with Crippen LogP contribution >= 0.6 is 11.6 Å². The lowest BCUT2D eigenvalue weighted by Crippen LogP contribution is -2.44. The lowest BCUT2D eigenvalue weighted by atomic mass is 9.99. The highest BCUT2D eigenvalue weighted by Gasteiger charge is 2.28. The molecule has 2 aliphatic heterocycles. The molecule has 0 bridgehead atoms. The predicted octanol–water partition coefficient (Wildman–Crippen LogP) is 3.62. The summed E-state index contributed by atoms with van der Waals surface area (Å²) in [6, 6.07) is 4.71. The van der Waals surface area contributed by atoms with Gasteiger partial charge in [0.25, 0.3) is 0 Å². The van der Waals surface area contributed by atoms with E-state index < -0.39 is 11.9 Å². The Kier molecular flexibility index (Phi) is 6.79. The average molecular weight is 397 g/mol. The lowest BCUT2D eigenvalue weighted by Gasteiger charge is -2.31. The summed E-state index contributed by atoms with van der Waals surface area (Å²) >= 11 is 6.08. The maximum Gasteiger partial charge on any atom is 0.321 e. The number of aliphatic carboxylic acids is 1. The molecule has 2 amide bonds. The Morgan fingerprint density at radius 1 is 1.30 bits per heavy atom. The first-order chi connectivity index (χ1) is 13.0. The molecule has 2 heterocycles. The van der Waals surface area contributed by atoms with Crippen LogP contribution < -0.4 is 10.1 Å². The fraction of sp³-hybridized carbons (Fsp3) is 0.579. The number of benzene rings is 1. The van der Waals surface area contributed by atoms with Crippen molar-refractivity contribution in [2.75, 3.05) is 31.6 Å². The van der Waals surface area contributed by atoms with Crippen LogP contribution in [0.3, 0.4) is 0 Å². The molecule has 1 aromatic rings. The van der Waals surface area contributed by atoms with Crippen LogP contribution in [0.25, 0.3) is 0 Å². The summed E-state index contributed by atoms with van der Waals surface area (Å²) in [5.41, 5.74) is 0.473. The smallest absolute Gasteiger partial charge is 0.321 e. The number of halogens is 1. The van der Waals surface area contributed by atoms with E-state index in [0.717, 1.165) is 25.9 Å². The Morgan fingerprint density at radius 2 is 2.15 bits per heavy atom. The molecular weight excluding hydrogens is 372 g/mol. The standard InChI is InChI=1S/C19H25ClN2O5/c20-14-6-7-17(27-12-15-5-1-2-9-26-15)16(10-14)21-19(25)22-8-3-4-13(11-22)18(23)24/h6-7,10,13,15H,1-5,8-9,11-12H2,(H,21,25)(H,23,24). The Hall–Kier alpha value is -1.99. The second-order valence-corrected chi connectivity index (χ2v) is 7.43. The number of urea groups is 1. The van der Waals surface area contributed by atoms with Crippen molar-refractivity contribution in [3.8, 4) is 5.75 Å². The molecule has 3 rings (SSSR count). The number of carboxylic acid groups (broad SMARTS) is 1. The van der Waals surface area contributed by atoms with Gasteiger partial charge in [0.15, 0.2) is 0 Å². The van der Waals surface area contributed by atoms with Crippen molar-refractivity contribution in [3.05, 3.63) is 23.2 Å². The molecule has 0 radical (unpaired) electrons. The average Bonchev–Trinajstić information content (AvgIpc) is 2.68. The van der Waals surface area contributed by atoms with E-state index in [4.69, 9.17) is 21.1 Å². The Morgan fingerprint density at radius 3 is 2.89 bits per heavy atom. The van der Waals surface area contributed by atoms with Crippen LogP contribution in [0.4, 0.5) is 10.5 Å². The minimum atomic E-state index is -0.869. The summed E-state index contributed by atoms with van der Waals surface area (Å²) < 4.78 is 11.5. The van der Waals surface area contributed by atoms with Gasteiger partial charge >= 0.3 is 12.0 Å². The summed E-state index contributed by atoms with van der Waals surface area (Å²) in [6.07, 6.45) is 4.47. The number of nitrogens with one attached hydrogen (secondary N) is 1. The van der Waals surface area contributed by atoms with Crippen molar-refractivity contribution >= 4 is 29.3 Å². The van der Waals surface area contributed by atoms with E-state index in [9.17, 15) is 14.7 Å². The zero-order chi connectivity index (χ0) is 19.2. The Bertz CT molecular complexity index is 678. The zero-order valence-corrected chi connectivity index (χ0v) is 15.9. The first-order valence-electron chi connectivity index (χ1n) is 9.35. The van der Waals surface area contributed by atoms with Gasteiger partial charge in [0.2, 0.25) is 0 Å². The number of carbonyl (C=O) groups excluding carboxylic acids is 1. The van der Waals surface area contributed by atoms with E-state index >= 15 is 0 Å². The number of hydrogen-bond donors (Lipinski definition) is 2. The Labute approximate surface area is 163 Å². The number of rotatable bonds is 5. The molecule has 148 valence electrons. The third kappa shape index (κ3) is 5.49. The first kappa shape index (κ1) is 19.8. The van der Waals surface area contributed by atoms with Crippen LogP contribution in [0.15, 0.2) is 18.2 Å². The number of carbonyl (C=O) groups is 2. The lowest BCUT2D eigenvalue weighted by molar-refractivity contribution is -0.143. The van der Waals surface area contributed by atoms with Crippen molar-refractivity contribution in [2.45, 2.75) is 38.2 Å². The molecule has 2 N–H and O–H groups in total. The summed E-state index contributed by atoms with van der Waals surface area (Å²) in [4.78, 5) is 25.3. The van der Waals surface area contributed by atoms with Gasteiger partial charge in [-0.2, -0.15) is 0 Å². The molecule has 7 nitrogen and oxygen atoms in total. The topological polar surface area (TPSA) is 88.1 Å². The van der Waals surface area contributed by atoms with Crippen molar-refractivity contribution in [1.29, 1.82) is 0 Å². The van der Waals surface area contributed by atoms with Crippen molar-refractivity contribution in [1.82, 2.24) is 4.90 Å². The second kappa shape index (κ2) is 9.28. The number of nitrogens with zero attached hydrogens (tertiary/aromatic N) is 1. The molecule has 2 fully saturated rings. The Balaban J connectivity index is 1.63. The van der Waals surface area contributed by atoms with Gasteiger partial charge < -0.3 is 24.8 Å². The summed E-state index contributed by atoms with van der Waals surface area (Å²) in [7, 11) is 0. The minimum absolute atomic E-state index is 0.0522. The monoisotopic (exact) mass is 396 g/mol. The number of likely N-dealkylation sites (tertiary alicyclic amines) is 1. The predicted molar refractivity (Wildman–Crippen MR) is 101 cm³/mol. The molecular formula is C19H25ClN2O5. The second-order valence-electron chi connectivity index (χ2n) is 6.99. The van der Waals surface area contributed by atoms with Gasteiger partial charge in [-0.05, 0) is 50.3 Å². The fourth-order valence-corrected chi connectivity index (χ4v) is 3.58. The van der Waals surface area contributed by atoms with Crippen molar-refractivity contribution in [3.63, 3.8) is 0 Å². The number of ether oxygens (including phenoxy) is 2. The number of amides is 2. The molecule has 2 unspecified atom stereocenters. The third-order valence-electron chi connectivity index (χ3n) is 4.94. The molecule has 27 heavy (non-hydrogen) atoms. The molecule has 1 aromatic carbocycles. The van der Waals surface area contributed by atoms with Gasteiger partial charge in [0, 0.05) is 24.7 Å². The molecule has 0 spiro atoms. The molecule has 0 saturated carbocycles. The zero-order valence-electron chi connectivity index (χ0n) is 15.2. The highest BCUT2D eigenvalue weighted by atomic mass is 35.5. The SMILES string of the molecule is O=C(O)C1CCCN(C(=O)Nc2cc(Cl)ccc2OCC2CCCCO2)C1. The molecule has 0 aliphatic carbocycles. The molecule has 2 aliphatic rings. The normalized spacial score (nSPS) is 22.9. The van der Waals surface area contributed by atoms with Crippen LogP contribution in [-0.2, 0) is 9.53 Å². The minimum Gasteiger partial charge on any atom is -0.489 e. The van der Waals surface area contributed by atoms with Gasteiger partial charge in [-0.15, -0.1) is 0 Å². The van der Waals surface area contributed by atoms with E-state index in [-0.39, 0.29) is 18.7 Å². The molecule has 2 atom stereocenters.